The van der Waals surface area contributed by atoms with Gasteiger partial charge in [0.25, 0.3) is 7.28 Å². The first-order valence-electron chi connectivity index (χ1n) is 9.67. The number of aromatic hydroxyl groups is 1. The number of carbonyl (C=O) groups is 2. The molecule has 2 aliphatic rings. The lowest BCUT2D eigenvalue weighted by Crippen LogP contribution is -2.97. The molecule has 5 N–H and O–H groups in total. The van der Waals surface area contributed by atoms with E-state index in [4.69, 9.17) is 0 Å². The fourth-order valence-corrected chi connectivity index (χ4v) is 4.02. The second-order valence-electron chi connectivity index (χ2n) is 8.36. The maximum Gasteiger partial charge on any atom is 0.274 e. The first kappa shape index (κ1) is 19.5. The van der Waals surface area contributed by atoms with E-state index in [0.717, 1.165) is 11.3 Å². The topological polar surface area (TPSA) is 106 Å². The molecule has 0 bridgehead atoms. The Morgan fingerprint density at radius 2 is 2.03 bits per heavy atom. The van der Waals surface area contributed by atoms with E-state index in [1.165, 1.54) is 19.4 Å². The van der Waals surface area contributed by atoms with Crippen molar-refractivity contribution < 1.29 is 25.1 Å². The summed E-state index contributed by atoms with van der Waals surface area (Å²) in [5, 5.41) is 25.3. The number of benzene rings is 2. The Hall–Kier alpha value is -2.84. The van der Waals surface area contributed by atoms with E-state index in [-0.39, 0.29) is 23.0 Å². The van der Waals surface area contributed by atoms with E-state index < -0.39 is 6.10 Å². The van der Waals surface area contributed by atoms with Gasteiger partial charge in [-0.15, -0.1) is 0 Å². The van der Waals surface area contributed by atoms with Crippen LogP contribution in [0.15, 0.2) is 36.4 Å². The molecule has 149 valence electrons. The minimum atomic E-state index is -0.874. The van der Waals surface area contributed by atoms with E-state index >= 15 is 0 Å². The average Bonchev–Trinajstić information content (AvgIpc) is 3.18. The molecule has 7 nitrogen and oxygen atoms in total. The third-order valence-corrected chi connectivity index (χ3v) is 5.47. The monoisotopic (exact) mass is 393 g/mol. The Morgan fingerprint density at radius 3 is 2.83 bits per heavy atom. The number of hydrogen-bond donors (Lipinski definition) is 4. The number of nitrogens with one attached hydrogen (secondary N) is 1. The predicted octanol–water partition coefficient (Wildman–Crippen LogP) is 0.232. The molecule has 0 aromatic heterocycles. The van der Waals surface area contributed by atoms with Gasteiger partial charge in [0.15, 0.2) is 5.81 Å². The van der Waals surface area contributed by atoms with Crippen LogP contribution in [0.25, 0.3) is 0 Å². The third kappa shape index (κ3) is 3.86. The van der Waals surface area contributed by atoms with Crippen molar-refractivity contribution in [3.63, 3.8) is 0 Å². The van der Waals surface area contributed by atoms with Crippen molar-refractivity contribution >= 4 is 35.8 Å². The molecule has 2 aromatic carbocycles. The molecule has 4 rings (SSSR count). The highest BCUT2D eigenvalue weighted by molar-refractivity contribution is 6.89. The molecule has 0 aliphatic carbocycles. The van der Waals surface area contributed by atoms with Gasteiger partial charge < -0.3 is 25.7 Å². The number of phenolic OH excluding ortho intramolecular Hbond substituents is 1. The molecule has 0 saturated heterocycles. The largest absolute Gasteiger partial charge is 0.508 e. The van der Waals surface area contributed by atoms with Gasteiger partial charge in [0, 0.05) is 17.4 Å². The maximum absolute atomic E-state index is 12.5. The Balaban J connectivity index is 1.45. The number of aliphatic hydroxyl groups is 1. The zero-order valence-corrected chi connectivity index (χ0v) is 16.5. The summed E-state index contributed by atoms with van der Waals surface area (Å²) in [6.45, 7) is 4.89. The molecular weight excluding hydrogens is 369 g/mol. The zero-order chi connectivity index (χ0) is 20.8. The molecule has 0 fully saturated rings. The highest BCUT2D eigenvalue weighted by Gasteiger charge is 2.35. The Bertz CT molecular complexity index is 992. The van der Waals surface area contributed by atoms with Crippen LogP contribution in [0.1, 0.15) is 31.1 Å². The summed E-state index contributed by atoms with van der Waals surface area (Å²) < 4.78 is 0. The number of fused-ring (bicyclic) bond motifs is 2. The summed E-state index contributed by atoms with van der Waals surface area (Å²) in [6.07, 6.45) is -0.457. The van der Waals surface area contributed by atoms with E-state index in [0.29, 0.717) is 36.2 Å². The third-order valence-electron chi connectivity index (χ3n) is 5.47. The van der Waals surface area contributed by atoms with Gasteiger partial charge in [-0.25, -0.2) is 0 Å². The molecule has 2 aliphatic heterocycles. The van der Waals surface area contributed by atoms with Crippen LogP contribution in [-0.4, -0.2) is 47.8 Å². The number of aliphatic hydroxyl groups excluding tert-OH is 1. The van der Waals surface area contributed by atoms with E-state index in [9.17, 15) is 19.8 Å². The molecule has 0 unspecified atom stereocenters. The molecule has 0 spiro atoms. The van der Waals surface area contributed by atoms with Crippen molar-refractivity contribution in [2.24, 2.45) is 0 Å². The molecule has 2 amide bonds. The van der Waals surface area contributed by atoms with Crippen LogP contribution in [0.5, 0.6) is 5.75 Å². The molecular formula is C21H24BN3O4+. The molecule has 2 heterocycles. The van der Waals surface area contributed by atoms with Crippen LogP contribution < -0.4 is 21.0 Å². The van der Waals surface area contributed by atoms with Gasteiger partial charge in [0.1, 0.15) is 23.9 Å². The normalized spacial score (nSPS) is 16.3. The van der Waals surface area contributed by atoms with Crippen molar-refractivity contribution in [3.05, 3.63) is 47.5 Å². The van der Waals surface area contributed by atoms with E-state index in [1.807, 2.05) is 43.4 Å². The van der Waals surface area contributed by atoms with Crippen LogP contribution in [0.4, 0.5) is 16.2 Å². The Labute approximate surface area is 170 Å². The lowest BCUT2D eigenvalue weighted by atomic mass is 9.69. The van der Waals surface area contributed by atoms with Gasteiger partial charge in [-0.1, -0.05) is 18.2 Å². The van der Waals surface area contributed by atoms with Gasteiger partial charge in [0.05, 0.1) is 13.0 Å². The number of quaternary nitrogens is 1. The van der Waals surface area contributed by atoms with Crippen molar-refractivity contribution in [1.82, 2.24) is 0 Å². The molecule has 8 heteroatoms. The number of carbonyl (C=O) groups excluding carboxylic acids is 2. The maximum atomic E-state index is 12.5. The summed E-state index contributed by atoms with van der Waals surface area (Å²) in [7, 11) is 1.43. The summed E-state index contributed by atoms with van der Waals surface area (Å²) in [5.74, 6) is -0.195. The van der Waals surface area contributed by atoms with E-state index in [2.05, 4.69) is 5.32 Å². The SMILES string of the molecule is CC(C)(CN1C(=O)Cc2ccccc21)[NH2+]C[C@H](O)c1cc(O)cc2c1[B]C(=O)N2. The van der Waals surface area contributed by atoms with Gasteiger partial charge in [-0.2, -0.15) is 0 Å². The summed E-state index contributed by atoms with van der Waals surface area (Å²) in [6, 6.07) is 10.8. The number of anilines is 2. The second-order valence-corrected chi connectivity index (χ2v) is 8.36. The predicted molar refractivity (Wildman–Crippen MR) is 111 cm³/mol. The lowest BCUT2D eigenvalue weighted by Gasteiger charge is -2.30. The number of para-hydroxylation sites is 1. The first-order valence-corrected chi connectivity index (χ1v) is 9.67. The highest BCUT2D eigenvalue weighted by atomic mass is 16.3. The lowest BCUT2D eigenvalue weighted by molar-refractivity contribution is -0.723. The number of nitrogens with zero attached hydrogens (tertiary/aromatic N) is 1. The molecule has 2 aromatic rings. The Kier molecular flexibility index (Phi) is 4.84. The number of nitrogens with two attached hydrogens (primary N) is 1. The summed E-state index contributed by atoms with van der Waals surface area (Å²) >= 11 is 0. The van der Waals surface area contributed by atoms with Gasteiger partial charge >= 0.3 is 0 Å². The quantitative estimate of drug-likeness (QED) is 0.528. The van der Waals surface area contributed by atoms with Crippen LogP contribution in [0.3, 0.4) is 0 Å². The van der Waals surface area contributed by atoms with E-state index in [1.54, 1.807) is 4.90 Å². The average molecular weight is 393 g/mol. The fraction of sp³-hybridized carbons (Fsp3) is 0.333. The minimum absolute atomic E-state index is 0.00747. The number of rotatable bonds is 6. The molecule has 0 saturated carbocycles. The molecule has 1 radical (unpaired) electrons. The Morgan fingerprint density at radius 1 is 1.28 bits per heavy atom. The molecule has 1 atom stereocenters. The number of phenols is 1. The highest BCUT2D eigenvalue weighted by Crippen LogP contribution is 2.29. The molecule has 29 heavy (non-hydrogen) atoms. The number of amides is 2. The first-order chi connectivity index (χ1) is 13.7. The second kappa shape index (κ2) is 7.20. The summed E-state index contributed by atoms with van der Waals surface area (Å²) in [4.78, 5) is 25.9. The smallest absolute Gasteiger partial charge is 0.274 e. The van der Waals surface area contributed by atoms with Crippen molar-refractivity contribution in [1.29, 1.82) is 0 Å². The fourth-order valence-electron chi connectivity index (χ4n) is 4.02. The van der Waals surface area contributed by atoms with Crippen LogP contribution in [-0.2, 0) is 11.2 Å². The van der Waals surface area contributed by atoms with Gasteiger partial charge in [0.2, 0.25) is 5.91 Å². The minimum Gasteiger partial charge on any atom is -0.508 e. The van der Waals surface area contributed by atoms with Crippen molar-refractivity contribution in [3.8, 4) is 5.75 Å². The van der Waals surface area contributed by atoms with Crippen LogP contribution in [0, 0.1) is 0 Å². The van der Waals surface area contributed by atoms with Crippen molar-refractivity contribution in [2.75, 3.05) is 23.3 Å². The zero-order valence-electron chi connectivity index (χ0n) is 16.5. The summed E-state index contributed by atoms with van der Waals surface area (Å²) in [5.41, 5.74) is 3.26. The number of hydrogen-bond acceptors (Lipinski definition) is 4. The van der Waals surface area contributed by atoms with Crippen LogP contribution >= 0.6 is 0 Å². The van der Waals surface area contributed by atoms with Crippen LogP contribution in [0.2, 0.25) is 0 Å². The van der Waals surface area contributed by atoms with Gasteiger partial charge in [-0.05, 0) is 42.6 Å². The van der Waals surface area contributed by atoms with Crippen molar-refractivity contribution in [2.45, 2.75) is 31.9 Å². The van der Waals surface area contributed by atoms with Gasteiger partial charge in [-0.3, -0.25) is 9.59 Å². The standard InChI is InChI=1S/C21H23BN3O4/c1-21(2,11-25-16-6-4-3-5-12(16)7-18(25)28)23-10-17(27)14-8-13(26)9-15-19(14)22-20(29)24-15/h3-6,8-9,17,23,26-27H,7,10-11H2,1-2H3,(H,24,29)/p+1/t17-/m0/s1.